The van der Waals surface area contributed by atoms with Crippen LogP contribution < -0.4 is 0 Å². The zero-order valence-electron chi connectivity index (χ0n) is 5.90. The minimum absolute atomic E-state index is 0.299. The molecule has 1 heterocycles. The summed E-state index contributed by atoms with van der Waals surface area (Å²) < 4.78 is 4.77. The first-order valence-electron chi connectivity index (χ1n) is 3.15. The molecular weight excluding hydrogens is 283 g/mol. The normalized spacial score (nSPS) is 25.8. The standard InChI is InChI=1S/C6H7IO5/c7-1-2(8)5-3(9)4(10)6(11)12-5/h2,5,8-10H,1H2/t2-,5+/m0/s1/i7+4. The average Bonchev–Trinajstić information content (AvgIpc) is 2.32. The molecule has 68 valence electrons. The quantitative estimate of drug-likeness (QED) is 0.379. The van der Waals surface area contributed by atoms with E-state index in [4.69, 9.17) is 10.2 Å². The van der Waals surface area contributed by atoms with E-state index in [0.717, 1.165) is 0 Å². The first-order valence-corrected chi connectivity index (χ1v) is 4.67. The van der Waals surface area contributed by atoms with Crippen molar-refractivity contribution in [2.45, 2.75) is 12.2 Å². The molecule has 0 spiro atoms. The van der Waals surface area contributed by atoms with Crippen LogP contribution in [0.4, 0.5) is 0 Å². The van der Waals surface area contributed by atoms with Gasteiger partial charge in [-0.2, -0.15) is 0 Å². The minimum Gasteiger partial charge on any atom is -0.505 e. The van der Waals surface area contributed by atoms with Crippen molar-refractivity contribution in [3.63, 3.8) is 0 Å². The van der Waals surface area contributed by atoms with Crippen molar-refractivity contribution in [2.24, 2.45) is 0 Å². The number of esters is 1. The van der Waals surface area contributed by atoms with Gasteiger partial charge in [-0.25, -0.2) is 4.79 Å². The molecule has 5 nitrogen and oxygen atoms in total. The third-order valence-electron chi connectivity index (χ3n) is 1.45. The number of hydrogen-bond donors (Lipinski definition) is 3. The van der Waals surface area contributed by atoms with Crippen molar-refractivity contribution in [1.82, 2.24) is 0 Å². The van der Waals surface area contributed by atoms with E-state index in [1.807, 2.05) is 22.6 Å². The number of cyclic esters (lactones) is 1. The Morgan fingerprint density at radius 2 is 2.17 bits per heavy atom. The lowest BCUT2D eigenvalue weighted by atomic mass is 10.2. The summed E-state index contributed by atoms with van der Waals surface area (Å²) in [7, 11) is 0. The molecular formula is C6H7IO5. The first-order chi connectivity index (χ1) is 5.57. The fourth-order valence-electron chi connectivity index (χ4n) is 0.808. The van der Waals surface area contributed by atoms with E-state index in [0.29, 0.717) is 4.43 Å². The van der Waals surface area contributed by atoms with Crippen molar-refractivity contribution in [3.05, 3.63) is 11.5 Å². The number of carbonyl (C=O) groups is 1. The second kappa shape index (κ2) is 3.48. The van der Waals surface area contributed by atoms with Gasteiger partial charge in [0.15, 0.2) is 11.9 Å². The number of rotatable bonds is 2. The van der Waals surface area contributed by atoms with Gasteiger partial charge in [0.1, 0.15) is 6.10 Å². The number of hydrogen-bond acceptors (Lipinski definition) is 5. The second-order valence-electron chi connectivity index (χ2n) is 2.28. The van der Waals surface area contributed by atoms with Crippen molar-refractivity contribution in [3.8, 4) is 0 Å². The summed E-state index contributed by atoms with van der Waals surface area (Å²) in [6.45, 7) is 0. The highest BCUT2D eigenvalue weighted by atomic mass is 131. The SMILES string of the molecule is O=C1O[C@H]([C@@H](O)C[131I])C(O)=C1O. The predicted octanol–water partition coefficient (Wildman–Crippen LogP) is 0.0353. The molecule has 0 aromatic rings. The first kappa shape index (κ1) is 9.59. The minimum atomic E-state index is -1.12. The Balaban J connectivity index is 2.80. The Hall–Kier alpha value is -0.500. The molecule has 0 amide bonds. The van der Waals surface area contributed by atoms with Gasteiger partial charge in [0.2, 0.25) is 5.76 Å². The summed E-state index contributed by atoms with van der Waals surface area (Å²) in [4.78, 5) is 10.6. The molecule has 0 bridgehead atoms. The van der Waals surface area contributed by atoms with Crippen LogP contribution in [0.15, 0.2) is 11.5 Å². The summed E-state index contributed by atoms with van der Waals surface area (Å²) in [5.74, 6) is -2.41. The van der Waals surface area contributed by atoms with Crippen LogP contribution >= 0.6 is 22.6 Å². The fourth-order valence-corrected chi connectivity index (χ4v) is 1.27. The summed E-state index contributed by atoms with van der Waals surface area (Å²) in [5.41, 5.74) is 0. The van der Waals surface area contributed by atoms with E-state index in [1.165, 1.54) is 0 Å². The van der Waals surface area contributed by atoms with Gasteiger partial charge in [-0.15, -0.1) is 0 Å². The highest BCUT2D eigenvalue weighted by Crippen LogP contribution is 2.21. The van der Waals surface area contributed by atoms with E-state index >= 15 is 0 Å². The molecule has 0 saturated carbocycles. The van der Waals surface area contributed by atoms with Crippen LogP contribution in [0.5, 0.6) is 0 Å². The van der Waals surface area contributed by atoms with Crippen LogP contribution in [-0.2, 0) is 9.53 Å². The Morgan fingerprint density at radius 3 is 2.50 bits per heavy atom. The lowest BCUT2D eigenvalue weighted by Crippen LogP contribution is -2.29. The van der Waals surface area contributed by atoms with Crippen LogP contribution in [-0.4, -0.2) is 37.9 Å². The van der Waals surface area contributed by atoms with E-state index < -0.39 is 29.7 Å². The van der Waals surface area contributed by atoms with Crippen LogP contribution in [0, 0.1) is 0 Å². The van der Waals surface area contributed by atoms with Crippen LogP contribution in [0.3, 0.4) is 0 Å². The number of aliphatic hydroxyl groups excluding tert-OH is 3. The van der Waals surface area contributed by atoms with E-state index in [2.05, 4.69) is 4.74 Å². The number of halogens is 1. The van der Waals surface area contributed by atoms with Gasteiger partial charge in [-0.1, -0.05) is 22.6 Å². The molecule has 0 aliphatic carbocycles. The van der Waals surface area contributed by atoms with Gasteiger partial charge in [-0.05, 0) is 0 Å². The van der Waals surface area contributed by atoms with Gasteiger partial charge >= 0.3 is 5.97 Å². The molecule has 0 saturated heterocycles. The third kappa shape index (κ3) is 1.48. The Morgan fingerprint density at radius 1 is 1.58 bits per heavy atom. The molecule has 0 aromatic heterocycles. The fraction of sp³-hybridized carbons (Fsp3) is 0.500. The highest BCUT2D eigenvalue weighted by molar-refractivity contribution is 14.1. The lowest BCUT2D eigenvalue weighted by Gasteiger charge is -2.13. The summed E-state index contributed by atoms with van der Waals surface area (Å²) in [6, 6.07) is 0. The summed E-state index contributed by atoms with van der Waals surface area (Å²) >= 11 is 1.87. The molecule has 2 atom stereocenters. The van der Waals surface area contributed by atoms with Crippen molar-refractivity contribution < 1.29 is 24.9 Å². The topological polar surface area (TPSA) is 87.0 Å². The molecule has 1 aliphatic heterocycles. The molecule has 0 unspecified atom stereocenters. The van der Waals surface area contributed by atoms with E-state index in [-0.39, 0.29) is 0 Å². The van der Waals surface area contributed by atoms with E-state index in [1.54, 1.807) is 0 Å². The van der Waals surface area contributed by atoms with Gasteiger partial charge in [0, 0.05) is 4.43 Å². The molecule has 3 N–H and O–H groups in total. The maximum atomic E-state index is 10.6. The highest BCUT2D eigenvalue weighted by Gasteiger charge is 2.38. The number of aliphatic hydroxyl groups is 3. The Kier molecular flexibility index (Phi) is 2.78. The van der Waals surface area contributed by atoms with Gasteiger partial charge in [0.05, 0.1) is 0 Å². The molecule has 6 heteroatoms. The van der Waals surface area contributed by atoms with Crippen LogP contribution in [0.2, 0.25) is 0 Å². The Bertz CT molecular complexity index is 236. The summed E-state index contributed by atoms with van der Waals surface area (Å²) in [6.07, 6.45) is -2.10. The largest absolute Gasteiger partial charge is 0.505 e. The third-order valence-corrected chi connectivity index (χ3v) is 2.35. The maximum Gasteiger partial charge on any atom is 0.377 e. The molecule has 0 fully saturated rings. The van der Waals surface area contributed by atoms with Gasteiger partial charge in [-0.3, -0.25) is 0 Å². The van der Waals surface area contributed by atoms with Crippen molar-refractivity contribution >= 4 is 28.6 Å². The molecule has 0 radical (unpaired) electrons. The predicted molar refractivity (Wildman–Crippen MR) is 47.1 cm³/mol. The molecule has 0 aromatic carbocycles. The molecule has 12 heavy (non-hydrogen) atoms. The smallest absolute Gasteiger partial charge is 0.377 e. The number of ether oxygens (including phenoxy) is 1. The zero-order valence-corrected chi connectivity index (χ0v) is 8.06. The maximum absolute atomic E-state index is 10.6. The monoisotopic (exact) mass is 290 g/mol. The van der Waals surface area contributed by atoms with Crippen LogP contribution in [0.1, 0.15) is 0 Å². The molecule has 1 rings (SSSR count). The van der Waals surface area contributed by atoms with Gasteiger partial charge < -0.3 is 20.1 Å². The Labute approximate surface area is 81.8 Å². The zero-order chi connectivity index (χ0) is 9.30. The molecule has 1 aliphatic rings. The van der Waals surface area contributed by atoms with Crippen molar-refractivity contribution in [2.75, 3.05) is 4.43 Å². The lowest BCUT2D eigenvalue weighted by molar-refractivity contribution is -0.146. The number of carbonyl (C=O) groups excluding carboxylic acids is 1. The van der Waals surface area contributed by atoms with E-state index in [9.17, 15) is 9.90 Å². The van der Waals surface area contributed by atoms with Crippen LogP contribution in [0.25, 0.3) is 0 Å². The average molecular weight is 290 g/mol. The van der Waals surface area contributed by atoms with Crippen molar-refractivity contribution in [1.29, 1.82) is 0 Å². The second-order valence-corrected chi connectivity index (χ2v) is 3.16. The summed E-state index contributed by atoms with van der Waals surface area (Å²) in [5, 5.41) is 27.0. The van der Waals surface area contributed by atoms with Gasteiger partial charge in [0.25, 0.3) is 0 Å². The number of alkyl halides is 1.